The largest absolute Gasteiger partial charge is 0.464 e. The van der Waals surface area contributed by atoms with Crippen molar-refractivity contribution in [1.29, 1.82) is 0 Å². The summed E-state index contributed by atoms with van der Waals surface area (Å²) in [5.74, 6) is -0.356. The van der Waals surface area contributed by atoms with Crippen LogP contribution in [-0.2, 0) is 32.9 Å². The average molecular weight is 611 g/mol. The molecule has 2 saturated carbocycles. The Morgan fingerprint density at radius 1 is 1.12 bits per heavy atom. The maximum Gasteiger partial charge on any atom is 0.342 e. The van der Waals surface area contributed by atoms with Gasteiger partial charge in [-0.15, -0.1) is 0 Å². The first-order chi connectivity index (χ1) is 19.9. The Morgan fingerprint density at radius 3 is 2.24 bits per heavy atom. The lowest BCUT2D eigenvalue weighted by Crippen LogP contribution is -2.47. The predicted octanol–water partition coefficient (Wildman–Crippen LogP) is 0.851. The third-order valence-corrected chi connectivity index (χ3v) is 9.69. The molecule has 2 aromatic rings. The van der Waals surface area contributed by atoms with Crippen molar-refractivity contribution in [2.75, 3.05) is 25.6 Å². The molecule has 2 aliphatic carbocycles. The molecule has 3 aliphatic rings. The highest BCUT2D eigenvalue weighted by molar-refractivity contribution is 7.54. The number of fused-ring (bicyclic) bond motifs is 1. The topological polar surface area (TPSA) is 209 Å². The summed E-state index contributed by atoms with van der Waals surface area (Å²) in [7, 11) is -4.19. The van der Waals surface area contributed by atoms with Crippen molar-refractivity contribution in [3.8, 4) is 0 Å². The molecule has 3 fully saturated rings. The number of hydrogen-bond donors (Lipinski definition) is 5. The monoisotopic (exact) mass is 610 g/mol. The molecule has 1 saturated heterocycles. The second kappa shape index (κ2) is 12.2. The normalized spacial score (nSPS) is 27.6. The number of rotatable bonds is 14. The highest BCUT2D eigenvalue weighted by Crippen LogP contribution is 2.45. The van der Waals surface area contributed by atoms with Gasteiger partial charge in [-0.05, 0) is 70.4 Å². The molecule has 2 aromatic heterocycles. The molecule has 15 nitrogen and oxygen atoms in total. The van der Waals surface area contributed by atoms with Crippen molar-refractivity contribution >= 4 is 30.9 Å². The lowest BCUT2D eigenvalue weighted by molar-refractivity contribution is -0.146. The van der Waals surface area contributed by atoms with E-state index in [9.17, 15) is 24.4 Å². The molecule has 42 heavy (non-hydrogen) atoms. The summed E-state index contributed by atoms with van der Waals surface area (Å²) in [6.07, 6.45) is 1.31. The number of aliphatic hydroxyl groups excluding tert-OH is 2. The summed E-state index contributed by atoms with van der Waals surface area (Å²) in [6.45, 7) is 4.48. The maximum absolute atomic E-state index is 14.1. The van der Waals surface area contributed by atoms with Crippen LogP contribution in [0.1, 0.15) is 58.3 Å². The van der Waals surface area contributed by atoms with Crippen molar-refractivity contribution < 1.29 is 43.1 Å². The van der Waals surface area contributed by atoms with Crippen LogP contribution in [0.4, 0.5) is 5.82 Å². The number of nitrogens with one attached hydrogen (secondary N) is 2. The number of nitrogens with two attached hydrogens (primary N) is 1. The van der Waals surface area contributed by atoms with E-state index in [4.69, 9.17) is 24.5 Å². The number of esters is 2. The van der Waals surface area contributed by atoms with Crippen molar-refractivity contribution in [3.05, 3.63) is 24.2 Å². The van der Waals surface area contributed by atoms with Gasteiger partial charge in [-0.25, -0.2) is 19.7 Å². The van der Waals surface area contributed by atoms with E-state index in [0.29, 0.717) is 23.0 Å². The van der Waals surface area contributed by atoms with Gasteiger partial charge in [0.2, 0.25) is 0 Å². The van der Waals surface area contributed by atoms with Gasteiger partial charge in [0.15, 0.2) is 5.82 Å². The highest BCUT2D eigenvalue weighted by Gasteiger charge is 2.53. The lowest BCUT2D eigenvalue weighted by Gasteiger charge is -2.31. The summed E-state index contributed by atoms with van der Waals surface area (Å²) in [5, 5.41) is 31.4. The minimum atomic E-state index is -4.19. The molecule has 0 unspecified atom stereocenters. The van der Waals surface area contributed by atoms with E-state index >= 15 is 0 Å². The van der Waals surface area contributed by atoms with E-state index in [0.717, 1.165) is 25.7 Å². The van der Waals surface area contributed by atoms with Gasteiger partial charge in [0.1, 0.15) is 47.8 Å². The van der Waals surface area contributed by atoms with Crippen LogP contribution in [0.25, 0.3) is 5.52 Å². The van der Waals surface area contributed by atoms with Gasteiger partial charge in [0, 0.05) is 0 Å². The number of aromatic nitrogens is 3. The van der Waals surface area contributed by atoms with Gasteiger partial charge in [-0.1, -0.05) is 0 Å². The van der Waals surface area contributed by atoms with Crippen LogP contribution in [0, 0.1) is 11.8 Å². The fourth-order valence-corrected chi connectivity index (χ4v) is 6.56. The maximum atomic E-state index is 14.1. The van der Waals surface area contributed by atoms with Gasteiger partial charge in [0.05, 0.1) is 25.5 Å². The SMILES string of the molecule is C[C@H](NP(=O)(N[C@@H](C)C(=O)OCC1CC1)OC[C@@]1(C)O[C@@H](c2ccc3c(N)ncnn23)[C@H](O)[C@@H]1O)C(=O)OCC1CC1. The van der Waals surface area contributed by atoms with Crippen LogP contribution in [-0.4, -0.2) is 86.5 Å². The van der Waals surface area contributed by atoms with E-state index in [1.54, 1.807) is 12.1 Å². The first-order valence-corrected chi connectivity index (χ1v) is 15.8. The molecule has 16 heteroatoms. The first kappa shape index (κ1) is 30.8. The fraction of sp³-hybridized carbons (Fsp3) is 0.692. The number of ether oxygens (including phenoxy) is 3. The first-order valence-electron chi connectivity index (χ1n) is 14.1. The standard InChI is InChI=1S/C26H39N6O9P/c1-14(24(35)38-10-16-4-5-16)30-42(37,31-15(2)25(36)39-11-17-6-7-17)40-12-26(3)22(34)20(33)21(41-26)18-8-9-19-23(27)28-13-29-32(18)19/h8-9,13-17,20-22,33-34H,4-7,10-12H2,1-3H3,(H2,27,28,29)(H2,30,31,37)/t14-,15-,20-,21-,22-,26+/m0/s1. The summed E-state index contributed by atoms with van der Waals surface area (Å²) in [6, 6.07) is 1.18. The Hall–Kier alpha value is -2.65. The van der Waals surface area contributed by atoms with Crippen LogP contribution in [0.2, 0.25) is 0 Å². The number of carbonyl (C=O) groups excluding carboxylic acids is 2. The lowest BCUT2D eigenvalue weighted by atomic mass is 9.97. The second-order valence-corrected chi connectivity index (χ2v) is 13.5. The molecule has 0 aromatic carbocycles. The van der Waals surface area contributed by atoms with Crippen molar-refractivity contribution in [2.45, 2.75) is 82.5 Å². The number of hydrogen-bond acceptors (Lipinski definition) is 12. The minimum absolute atomic E-state index is 0.225. The van der Waals surface area contributed by atoms with Gasteiger partial charge in [0.25, 0.3) is 0 Å². The second-order valence-electron chi connectivity index (χ2n) is 11.7. The van der Waals surface area contributed by atoms with E-state index < -0.39 is 62.2 Å². The van der Waals surface area contributed by atoms with Crippen molar-refractivity contribution in [3.63, 3.8) is 0 Å². The Morgan fingerprint density at radius 2 is 1.69 bits per heavy atom. The van der Waals surface area contributed by atoms with Crippen LogP contribution in [0.3, 0.4) is 0 Å². The zero-order valence-electron chi connectivity index (χ0n) is 23.8. The number of aliphatic hydroxyl groups is 2. The third-order valence-electron chi connectivity index (χ3n) is 7.74. The van der Waals surface area contributed by atoms with Crippen LogP contribution in [0.5, 0.6) is 0 Å². The molecule has 1 aliphatic heterocycles. The van der Waals surface area contributed by atoms with Gasteiger partial charge >= 0.3 is 19.6 Å². The number of carbonyl (C=O) groups is 2. The van der Waals surface area contributed by atoms with Gasteiger partial charge < -0.3 is 34.7 Å². The Balaban J connectivity index is 1.29. The van der Waals surface area contributed by atoms with E-state index in [-0.39, 0.29) is 19.0 Å². The molecule has 5 rings (SSSR count). The molecule has 0 bridgehead atoms. The molecule has 0 spiro atoms. The molecule has 0 amide bonds. The smallest absolute Gasteiger partial charge is 0.342 e. The minimum Gasteiger partial charge on any atom is -0.464 e. The number of nitrogens with zero attached hydrogens (tertiary/aromatic N) is 3. The van der Waals surface area contributed by atoms with Crippen LogP contribution < -0.4 is 15.9 Å². The summed E-state index contributed by atoms with van der Waals surface area (Å²) in [5.41, 5.74) is 5.26. The van der Waals surface area contributed by atoms with Gasteiger partial charge in [-0.2, -0.15) is 5.10 Å². The predicted molar refractivity (Wildman–Crippen MR) is 148 cm³/mol. The Bertz CT molecular complexity index is 1310. The molecular weight excluding hydrogens is 571 g/mol. The summed E-state index contributed by atoms with van der Waals surface area (Å²) in [4.78, 5) is 29.1. The third kappa shape index (κ3) is 6.94. The summed E-state index contributed by atoms with van der Waals surface area (Å²) < 4.78 is 38.0. The molecule has 0 radical (unpaired) electrons. The van der Waals surface area contributed by atoms with Crippen molar-refractivity contribution in [1.82, 2.24) is 24.8 Å². The fourth-order valence-electron chi connectivity index (χ4n) is 4.66. The molecule has 6 N–H and O–H groups in total. The Labute approximate surface area is 243 Å². The number of nitrogen functional groups attached to an aromatic ring is 1. The zero-order valence-corrected chi connectivity index (χ0v) is 24.7. The van der Waals surface area contributed by atoms with Gasteiger partial charge in [-0.3, -0.25) is 14.2 Å². The molecule has 6 atom stereocenters. The van der Waals surface area contributed by atoms with E-state index in [2.05, 4.69) is 20.3 Å². The molecule has 232 valence electrons. The molecule has 3 heterocycles. The summed E-state index contributed by atoms with van der Waals surface area (Å²) >= 11 is 0. The van der Waals surface area contributed by atoms with E-state index in [1.807, 2.05) is 0 Å². The quantitative estimate of drug-likeness (QED) is 0.148. The van der Waals surface area contributed by atoms with E-state index in [1.165, 1.54) is 31.6 Å². The number of anilines is 1. The van der Waals surface area contributed by atoms with Crippen LogP contribution >= 0.6 is 7.67 Å². The zero-order chi connectivity index (χ0) is 30.2. The Kier molecular flexibility index (Phi) is 8.91. The highest BCUT2D eigenvalue weighted by atomic mass is 31.2. The average Bonchev–Trinajstić information content (AvgIpc) is 3.89. The molecular formula is C26H39N6O9P. The van der Waals surface area contributed by atoms with Crippen LogP contribution in [0.15, 0.2) is 18.5 Å². The van der Waals surface area contributed by atoms with Crippen molar-refractivity contribution in [2.24, 2.45) is 11.8 Å².